The topological polar surface area (TPSA) is 29.5 Å². The summed E-state index contributed by atoms with van der Waals surface area (Å²) in [6.45, 7) is 1.81. The summed E-state index contributed by atoms with van der Waals surface area (Å²) in [5.41, 5.74) is 0.685. The van der Waals surface area contributed by atoms with Crippen molar-refractivity contribution in [3.8, 4) is 0 Å². The van der Waals surface area contributed by atoms with Gasteiger partial charge in [0.15, 0.2) is 0 Å². The van der Waals surface area contributed by atoms with Crippen LogP contribution in [0.4, 0.5) is 0 Å². The standard InChI is InChI=1S/C12H15Br2NO2/c1-17-9-8-15(7-6-13)12(16)10-4-2-3-5-11(10)14/h2-5H,6-9H2,1H3. The minimum absolute atomic E-state index is 0.0222. The van der Waals surface area contributed by atoms with Gasteiger partial charge in [0.2, 0.25) is 0 Å². The highest BCUT2D eigenvalue weighted by molar-refractivity contribution is 9.10. The SMILES string of the molecule is COCCN(CCBr)C(=O)c1ccccc1Br. The van der Waals surface area contributed by atoms with Crippen LogP contribution in [0.15, 0.2) is 28.7 Å². The average molecular weight is 365 g/mol. The molecule has 0 aliphatic carbocycles. The number of hydrogen-bond acceptors (Lipinski definition) is 2. The Kier molecular flexibility index (Phi) is 6.77. The highest BCUT2D eigenvalue weighted by atomic mass is 79.9. The first kappa shape index (κ1) is 14.7. The number of methoxy groups -OCH3 is 1. The fourth-order valence-electron chi connectivity index (χ4n) is 1.42. The van der Waals surface area contributed by atoms with Crippen molar-refractivity contribution in [1.29, 1.82) is 0 Å². The van der Waals surface area contributed by atoms with Gasteiger partial charge in [0, 0.05) is 30.0 Å². The summed E-state index contributed by atoms with van der Waals surface area (Å²) >= 11 is 6.75. The molecule has 3 nitrogen and oxygen atoms in total. The molecule has 1 aromatic rings. The maximum atomic E-state index is 12.3. The van der Waals surface area contributed by atoms with Crippen LogP contribution in [-0.4, -0.2) is 42.9 Å². The third-order valence-electron chi connectivity index (χ3n) is 2.31. The number of alkyl halides is 1. The molecule has 0 heterocycles. The lowest BCUT2D eigenvalue weighted by Gasteiger charge is -2.21. The Bertz CT molecular complexity index is 371. The van der Waals surface area contributed by atoms with E-state index in [0.717, 1.165) is 9.80 Å². The zero-order valence-corrected chi connectivity index (χ0v) is 12.8. The third-order valence-corrected chi connectivity index (χ3v) is 3.36. The van der Waals surface area contributed by atoms with E-state index < -0.39 is 0 Å². The fraction of sp³-hybridized carbons (Fsp3) is 0.417. The van der Waals surface area contributed by atoms with Crippen LogP contribution < -0.4 is 0 Å². The predicted octanol–water partition coefficient (Wildman–Crippen LogP) is 2.93. The Morgan fingerprint density at radius 2 is 2.06 bits per heavy atom. The van der Waals surface area contributed by atoms with Crippen LogP contribution in [0.5, 0.6) is 0 Å². The molecule has 0 aliphatic rings. The zero-order valence-electron chi connectivity index (χ0n) is 9.66. The molecule has 0 radical (unpaired) electrons. The number of rotatable bonds is 6. The van der Waals surface area contributed by atoms with Crippen LogP contribution >= 0.6 is 31.9 Å². The Morgan fingerprint density at radius 1 is 1.35 bits per heavy atom. The van der Waals surface area contributed by atoms with E-state index in [0.29, 0.717) is 25.3 Å². The average Bonchev–Trinajstić information content (AvgIpc) is 2.34. The number of carbonyl (C=O) groups is 1. The molecular weight excluding hydrogens is 350 g/mol. The summed E-state index contributed by atoms with van der Waals surface area (Å²) < 4.78 is 5.84. The van der Waals surface area contributed by atoms with Gasteiger partial charge in [0.25, 0.3) is 5.91 Å². The van der Waals surface area contributed by atoms with Gasteiger partial charge in [-0.2, -0.15) is 0 Å². The number of nitrogens with zero attached hydrogens (tertiary/aromatic N) is 1. The van der Waals surface area contributed by atoms with E-state index >= 15 is 0 Å². The van der Waals surface area contributed by atoms with Crippen molar-refractivity contribution in [3.63, 3.8) is 0 Å². The van der Waals surface area contributed by atoms with Crippen molar-refractivity contribution >= 4 is 37.8 Å². The first-order chi connectivity index (χ1) is 8.20. The van der Waals surface area contributed by atoms with Gasteiger partial charge < -0.3 is 9.64 Å². The third kappa shape index (κ3) is 4.41. The molecule has 0 bridgehead atoms. The lowest BCUT2D eigenvalue weighted by atomic mass is 10.2. The Balaban J connectivity index is 2.80. The predicted molar refractivity (Wildman–Crippen MR) is 75.7 cm³/mol. The van der Waals surface area contributed by atoms with Gasteiger partial charge in [0.05, 0.1) is 12.2 Å². The molecule has 0 N–H and O–H groups in total. The van der Waals surface area contributed by atoms with Crippen LogP contribution in [-0.2, 0) is 4.74 Å². The molecule has 0 fully saturated rings. The van der Waals surface area contributed by atoms with E-state index in [1.54, 1.807) is 12.0 Å². The summed E-state index contributed by atoms with van der Waals surface area (Å²) in [5.74, 6) is 0.0222. The second-order valence-corrected chi connectivity index (χ2v) is 5.10. The number of amides is 1. The zero-order chi connectivity index (χ0) is 12.7. The van der Waals surface area contributed by atoms with Crippen LogP contribution in [0.3, 0.4) is 0 Å². The maximum Gasteiger partial charge on any atom is 0.255 e. The van der Waals surface area contributed by atoms with Crippen LogP contribution in [0, 0.1) is 0 Å². The van der Waals surface area contributed by atoms with Gasteiger partial charge in [-0.3, -0.25) is 4.79 Å². The minimum Gasteiger partial charge on any atom is -0.383 e. The Morgan fingerprint density at radius 3 is 2.65 bits per heavy atom. The van der Waals surface area contributed by atoms with Crippen molar-refractivity contribution in [1.82, 2.24) is 4.90 Å². The molecule has 5 heteroatoms. The van der Waals surface area contributed by atoms with Crippen molar-refractivity contribution in [2.45, 2.75) is 0 Å². The molecule has 0 saturated carbocycles. The van der Waals surface area contributed by atoms with Crippen LogP contribution in [0.2, 0.25) is 0 Å². The highest BCUT2D eigenvalue weighted by Crippen LogP contribution is 2.17. The van der Waals surface area contributed by atoms with Crippen molar-refractivity contribution in [2.75, 3.05) is 32.1 Å². The van der Waals surface area contributed by atoms with Gasteiger partial charge in [-0.25, -0.2) is 0 Å². The largest absolute Gasteiger partial charge is 0.383 e. The van der Waals surface area contributed by atoms with Gasteiger partial charge in [0.1, 0.15) is 0 Å². The molecule has 0 aliphatic heterocycles. The Hall–Kier alpha value is -0.390. The van der Waals surface area contributed by atoms with Gasteiger partial charge in [-0.1, -0.05) is 28.1 Å². The number of benzene rings is 1. The minimum atomic E-state index is 0.0222. The van der Waals surface area contributed by atoms with E-state index in [1.807, 2.05) is 24.3 Å². The van der Waals surface area contributed by atoms with Gasteiger partial charge >= 0.3 is 0 Å². The fourth-order valence-corrected chi connectivity index (χ4v) is 2.31. The lowest BCUT2D eigenvalue weighted by molar-refractivity contribution is 0.0708. The second kappa shape index (κ2) is 7.84. The van der Waals surface area contributed by atoms with E-state index in [2.05, 4.69) is 31.9 Å². The maximum absolute atomic E-state index is 12.3. The molecule has 0 saturated heterocycles. The Labute approximate surface area is 118 Å². The van der Waals surface area contributed by atoms with Crippen molar-refractivity contribution in [2.24, 2.45) is 0 Å². The number of ether oxygens (including phenoxy) is 1. The first-order valence-corrected chi connectivity index (χ1v) is 7.21. The number of halogens is 2. The van der Waals surface area contributed by atoms with Gasteiger partial charge in [-0.05, 0) is 28.1 Å². The number of hydrogen-bond donors (Lipinski definition) is 0. The summed E-state index contributed by atoms with van der Waals surface area (Å²) in [6.07, 6.45) is 0. The first-order valence-electron chi connectivity index (χ1n) is 5.29. The number of carbonyl (C=O) groups excluding carboxylic acids is 1. The normalized spacial score (nSPS) is 10.3. The lowest BCUT2D eigenvalue weighted by Crippen LogP contribution is -2.35. The highest BCUT2D eigenvalue weighted by Gasteiger charge is 2.16. The molecule has 0 aromatic heterocycles. The van der Waals surface area contributed by atoms with Crippen LogP contribution in [0.25, 0.3) is 0 Å². The van der Waals surface area contributed by atoms with E-state index in [1.165, 1.54) is 0 Å². The summed E-state index contributed by atoms with van der Waals surface area (Å²) in [6, 6.07) is 7.45. The second-order valence-electron chi connectivity index (χ2n) is 3.45. The molecule has 17 heavy (non-hydrogen) atoms. The summed E-state index contributed by atoms with van der Waals surface area (Å²) in [4.78, 5) is 14.1. The molecular formula is C12H15Br2NO2. The van der Waals surface area contributed by atoms with Gasteiger partial charge in [-0.15, -0.1) is 0 Å². The van der Waals surface area contributed by atoms with E-state index in [-0.39, 0.29) is 5.91 Å². The molecule has 1 amide bonds. The molecule has 0 atom stereocenters. The monoisotopic (exact) mass is 363 g/mol. The summed E-state index contributed by atoms with van der Waals surface area (Å²) in [5, 5.41) is 0.757. The van der Waals surface area contributed by atoms with Crippen LogP contribution in [0.1, 0.15) is 10.4 Å². The molecule has 0 unspecified atom stereocenters. The van der Waals surface area contributed by atoms with E-state index in [4.69, 9.17) is 4.74 Å². The molecule has 1 aromatic carbocycles. The molecule has 0 spiro atoms. The van der Waals surface area contributed by atoms with E-state index in [9.17, 15) is 4.79 Å². The van der Waals surface area contributed by atoms with Crippen molar-refractivity contribution < 1.29 is 9.53 Å². The summed E-state index contributed by atoms with van der Waals surface area (Å²) in [7, 11) is 1.63. The molecule has 94 valence electrons. The smallest absolute Gasteiger partial charge is 0.255 e. The quantitative estimate of drug-likeness (QED) is 0.726. The molecule has 1 rings (SSSR count). The van der Waals surface area contributed by atoms with Crippen molar-refractivity contribution in [3.05, 3.63) is 34.3 Å².